The molecule has 0 aliphatic rings. The second-order valence-corrected chi connectivity index (χ2v) is 4.78. The van der Waals surface area contributed by atoms with Gasteiger partial charge in [0.2, 0.25) is 0 Å². The molecule has 0 aromatic heterocycles. The molecule has 0 aliphatic carbocycles. The van der Waals surface area contributed by atoms with Crippen molar-refractivity contribution in [1.82, 2.24) is 0 Å². The third-order valence-electron chi connectivity index (χ3n) is 2.59. The van der Waals surface area contributed by atoms with Gasteiger partial charge in [-0.2, -0.15) is 8.78 Å². The highest BCUT2D eigenvalue weighted by molar-refractivity contribution is 6.42. The highest BCUT2D eigenvalue weighted by Gasteiger charge is 2.09. The predicted molar refractivity (Wildman–Crippen MR) is 76.9 cm³/mol. The first-order valence-corrected chi connectivity index (χ1v) is 6.53. The lowest BCUT2D eigenvalue weighted by molar-refractivity contribution is -0.0504. The number of anilines is 1. The van der Waals surface area contributed by atoms with Crippen LogP contribution in [0, 0.1) is 0 Å². The molecule has 2 aromatic carbocycles. The zero-order valence-corrected chi connectivity index (χ0v) is 11.8. The molecule has 0 unspecified atom stereocenters. The molecule has 20 heavy (non-hydrogen) atoms. The van der Waals surface area contributed by atoms with E-state index in [0.29, 0.717) is 22.2 Å². The number of benzene rings is 2. The van der Waals surface area contributed by atoms with Crippen molar-refractivity contribution >= 4 is 28.9 Å². The number of hydrogen-bond acceptors (Lipinski definition) is 2. The van der Waals surface area contributed by atoms with E-state index in [1.165, 1.54) is 6.07 Å². The van der Waals surface area contributed by atoms with E-state index in [1.54, 1.807) is 36.4 Å². The lowest BCUT2D eigenvalue weighted by Crippen LogP contribution is -2.07. The summed E-state index contributed by atoms with van der Waals surface area (Å²) in [6.45, 7) is -2.51. The Morgan fingerprint density at radius 1 is 1.05 bits per heavy atom. The molecule has 0 spiro atoms. The number of hydrogen-bond donors (Lipinski definition) is 1. The molecule has 0 amide bonds. The third-order valence-corrected chi connectivity index (χ3v) is 3.33. The minimum absolute atomic E-state index is 0.148. The van der Waals surface area contributed by atoms with Crippen LogP contribution in [0.1, 0.15) is 5.56 Å². The predicted octanol–water partition coefficient (Wildman–Crippen LogP) is 5.21. The van der Waals surface area contributed by atoms with Gasteiger partial charge in [-0.3, -0.25) is 0 Å². The van der Waals surface area contributed by atoms with E-state index in [0.717, 1.165) is 5.69 Å². The van der Waals surface area contributed by atoms with Gasteiger partial charge in [0, 0.05) is 17.8 Å². The van der Waals surface area contributed by atoms with Crippen LogP contribution in [0.5, 0.6) is 5.75 Å². The fourth-order valence-electron chi connectivity index (χ4n) is 1.66. The van der Waals surface area contributed by atoms with Gasteiger partial charge in [-0.1, -0.05) is 41.4 Å². The van der Waals surface area contributed by atoms with Crippen molar-refractivity contribution in [2.75, 3.05) is 5.32 Å². The quantitative estimate of drug-likeness (QED) is 0.817. The van der Waals surface area contributed by atoms with Gasteiger partial charge in [0.05, 0.1) is 10.0 Å². The number of nitrogens with one attached hydrogen (secondary N) is 1. The van der Waals surface area contributed by atoms with Crippen LogP contribution < -0.4 is 10.1 Å². The largest absolute Gasteiger partial charge is 0.434 e. The SMILES string of the molecule is FC(F)Oc1ccccc1CNc1ccc(Cl)c(Cl)c1. The van der Waals surface area contributed by atoms with E-state index in [1.807, 2.05) is 0 Å². The second-order valence-electron chi connectivity index (χ2n) is 3.97. The molecule has 0 aliphatic heterocycles. The summed E-state index contributed by atoms with van der Waals surface area (Å²) in [4.78, 5) is 0. The molecule has 0 radical (unpaired) electrons. The summed E-state index contributed by atoms with van der Waals surface area (Å²) < 4.78 is 29.0. The van der Waals surface area contributed by atoms with Crippen molar-refractivity contribution in [2.24, 2.45) is 0 Å². The smallest absolute Gasteiger partial charge is 0.387 e. The summed E-state index contributed by atoms with van der Waals surface area (Å²) in [6, 6.07) is 11.7. The standard InChI is InChI=1S/C14H11Cl2F2NO/c15-11-6-5-10(7-12(11)16)19-8-9-3-1-2-4-13(9)20-14(17)18/h1-7,14,19H,8H2. The van der Waals surface area contributed by atoms with Gasteiger partial charge < -0.3 is 10.1 Å². The molecule has 0 saturated heterocycles. The van der Waals surface area contributed by atoms with Crippen LogP contribution >= 0.6 is 23.2 Å². The maximum Gasteiger partial charge on any atom is 0.387 e. The van der Waals surface area contributed by atoms with Crippen molar-refractivity contribution < 1.29 is 13.5 Å². The molecule has 1 N–H and O–H groups in total. The Kier molecular flexibility index (Phi) is 5.04. The van der Waals surface area contributed by atoms with Gasteiger partial charge in [0.1, 0.15) is 5.75 Å². The fourth-order valence-corrected chi connectivity index (χ4v) is 1.96. The zero-order chi connectivity index (χ0) is 14.5. The Balaban J connectivity index is 2.08. The van der Waals surface area contributed by atoms with Crippen LogP contribution in [0.2, 0.25) is 10.0 Å². The third kappa shape index (κ3) is 3.99. The van der Waals surface area contributed by atoms with Crippen LogP contribution in [0.25, 0.3) is 0 Å². The first-order valence-electron chi connectivity index (χ1n) is 5.78. The van der Waals surface area contributed by atoms with Gasteiger partial charge in [0.15, 0.2) is 0 Å². The molecule has 6 heteroatoms. The first kappa shape index (κ1) is 14.9. The highest BCUT2D eigenvalue weighted by Crippen LogP contribution is 2.26. The summed E-state index contributed by atoms with van der Waals surface area (Å²) in [5.74, 6) is 0.148. The van der Waals surface area contributed by atoms with Crippen LogP contribution in [0.15, 0.2) is 42.5 Å². The monoisotopic (exact) mass is 317 g/mol. The number of ether oxygens (including phenoxy) is 1. The summed E-state index contributed by atoms with van der Waals surface area (Å²) in [7, 11) is 0. The van der Waals surface area contributed by atoms with E-state index in [2.05, 4.69) is 10.1 Å². The molecule has 0 fully saturated rings. The lowest BCUT2D eigenvalue weighted by atomic mass is 10.2. The van der Waals surface area contributed by atoms with Crippen LogP contribution in [-0.2, 0) is 6.54 Å². The molecular weight excluding hydrogens is 307 g/mol. The van der Waals surface area contributed by atoms with Crippen molar-refractivity contribution in [3.05, 3.63) is 58.1 Å². The number of halogens is 4. The van der Waals surface area contributed by atoms with Gasteiger partial charge >= 0.3 is 6.61 Å². The van der Waals surface area contributed by atoms with Crippen LogP contribution in [0.4, 0.5) is 14.5 Å². The summed E-state index contributed by atoms with van der Waals surface area (Å²) >= 11 is 11.7. The minimum Gasteiger partial charge on any atom is -0.434 e. The average Bonchev–Trinajstić information content (AvgIpc) is 2.41. The van der Waals surface area contributed by atoms with Crippen LogP contribution in [0.3, 0.4) is 0 Å². The topological polar surface area (TPSA) is 21.3 Å². The summed E-state index contributed by atoms with van der Waals surface area (Å²) in [6.07, 6.45) is 0. The van der Waals surface area contributed by atoms with E-state index in [-0.39, 0.29) is 5.75 Å². The Labute approximate surface area is 125 Å². The molecule has 106 valence electrons. The van der Waals surface area contributed by atoms with E-state index in [4.69, 9.17) is 23.2 Å². The Bertz CT molecular complexity index is 593. The van der Waals surface area contributed by atoms with Gasteiger partial charge in [0.25, 0.3) is 0 Å². The van der Waals surface area contributed by atoms with Crippen molar-refractivity contribution in [2.45, 2.75) is 13.2 Å². The summed E-state index contributed by atoms with van der Waals surface area (Å²) in [5, 5.41) is 3.96. The van der Waals surface area contributed by atoms with E-state index in [9.17, 15) is 8.78 Å². The molecule has 2 rings (SSSR count). The fraction of sp³-hybridized carbons (Fsp3) is 0.143. The van der Waals surface area contributed by atoms with Gasteiger partial charge in [-0.05, 0) is 24.3 Å². The molecule has 2 nitrogen and oxygen atoms in total. The Morgan fingerprint density at radius 3 is 2.50 bits per heavy atom. The van der Waals surface area contributed by atoms with Gasteiger partial charge in [-0.25, -0.2) is 0 Å². The molecule has 0 saturated carbocycles. The van der Waals surface area contributed by atoms with E-state index >= 15 is 0 Å². The Morgan fingerprint density at radius 2 is 1.80 bits per heavy atom. The zero-order valence-electron chi connectivity index (χ0n) is 10.2. The molecule has 0 heterocycles. The van der Waals surface area contributed by atoms with Crippen LogP contribution in [-0.4, -0.2) is 6.61 Å². The molecule has 0 atom stereocenters. The minimum atomic E-state index is -2.85. The molecular formula is C14H11Cl2F2NO. The molecule has 0 bridgehead atoms. The first-order chi connectivity index (χ1) is 9.56. The normalized spacial score (nSPS) is 10.7. The lowest BCUT2D eigenvalue weighted by Gasteiger charge is -2.12. The maximum atomic E-state index is 12.3. The number of para-hydroxylation sites is 1. The van der Waals surface area contributed by atoms with E-state index < -0.39 is 6.61 Å². The second kappa shape index (κ2) is 6.77. The van der Waals surface area contributed by atoms with Crippen molar-refractivity contribution in [3.63, 3.8) is 0 Å². The number of rotatable bonds is 5. The number of alkyl halides is 2. The average molecular weight is 318 g/mol. The van der Waals surface area contributed by atoms with Crippen molar-refractivity contribution in [1.29, 1.82) is 0 Å². The van der Waals surface area contributed by atoms with Crippen molar-refractivity contribution in [3.8, 4) is 5.75 Å². The Hall–Kier alpha value is -1.52. The summed E-state index contributed by atoms with van der Waals surface area (Å²) in [5.41, 5.74) is 1.37. The van der Waals surface area contributed by atoms with Gasteiger partial charge in [-0.15, -0.1) is 0 Å². The molecule has 2 aromatic rings. The highest BCUT2D eigenvalue weighted by atomic mass is 35.5. The maximum absolute atomic E-state index is 12.3.